The van der Waals surface area contributed by atoms with E-state index in [9.17, 15) is 0 Å². The molecule has 55 valence electrons. The van der Waals surface area contributed by atoms with Crippen LogP contribution in [0.5, 0.6) is 0 Å². The highest BCUT2D eigenvalue weighted by Crippen LogP contribution is 2.20. The van der Waals surface area contributed by atoms with Crippen molar-refractivity contribution in [3.63, 3.8) is 0 Å². The summed E-state index contributed by atoms with van der Waals surface area (Å²) >= 11 is 1.95. The lowest BCUT2D eigenvalue weighted by molar-refractivity contribution is 0.558. The first kappa shape index (κ1) is 9.35. The summed E-state index contributed by atoms with van der Waals surface area (Å²) < 4.78 is 0. The zero-order valence-electron chi connectivity index (χ0n) is 6.68. The van der Waals surface area contributed by atoms with Gasteiger partial charge in [-0.15, -0.1) is 0 Å². The average molecular weight is 145 g/mol. The van der Waals surface area contributed by atoms with Gasteiger partial charge >= 0.3 is 0 Å². The van der Waals surface area contributed by atoms with Crippen LogP contribution in [0.4, 0.5) is 0 Å². The van der Waals surface area contributed by atoms with Crippen molar-refractivity contribution < 1.29 is 0 Å². The SMILES string of the molecule is [CH2]CSC(C)C(C)CC. The molecule has 0 aliphatic rings. The third-order valence-corrected chi connectivity index (χ3v) is 3.05. The van der Waals surface area contributed by atoms with Gasteiger partial charge in [-0.05, 0) is 18.6 Å². The summed E-state index contributed by atoms with van der Waals surface area (Å²) in [5, 5.41) is 0.785. The Morgan fingerprint density at radius 3 is 2.33 bits per heavy atom. The molecule has 0 aliphatic carbocycles. The molecular formula is C8H17S. The second kappa shape index (κ2) is 5.16. The van der Waals surface area contributed by atoms with Crippen LogP contribution in [0.3, 0.4) is 0 Å². The molecule has 0 saturated carbocycles. The molecule has 0 nitrogen and oxygen atoms in total. The van der Waals surface area contributed by atoms with E-state index in [1.165, 1.54) is 6.42 Å². The van der Waals surface area contributed by atoms with Crippen molar-refractivity contribution in [1.82, 2.24) is 0 Å². The monoisotopic (exact) mass is 145 g/mol. The molecule has 9 heavy (non-hydrogen) atoms. The molecule has 1 heteroatoms. The van der Waals surface area contributed by atoms with Gasteiger partial charge in [-0.1, -0.05) is 27.2 Å². The second-order valence-electron chi connectivity index (χ2n) is 2.46. The maximum atomic E-state index is 3.81. The fraction of sp³-hybridized carbons (Fsp3) is 0.875. The van der Waals surface area contributed by atoms with E-state index >= 15 is 0 Å². The second-order valence-corrected chi connectivity index (χ2v) is 3.95. The van der Waals surface area contributed by atoms with Gasteiger partial charge in [-0.25, -0.2) is 0 Å². The van der Waals surface area contributed by atoms with Gasteiger partial charge in [-0.2, -0.15) is 11.8 Å². The number of hydrogen-bond donors (Lipinski definition) is 0. The van der Waals surface area contributed by atoms with Crippen molar-refractivity contribution in [2.24, 2.45) is 5.92 Å². The van der Waals surface area contributed by atoms with Crippen LogP contribution < -0.4 is 0 Å². The Kier molecular flexibility index (Phi) is 5.36. The molecule has 0 aromatic heterocycles. The van der Waals surface area contributed by atoms with Crippen molar-refractivity contribution in [2.45, 2.75) is 32.4 Å². The maximum Gasteiger partial charge on any atom is 0.00442 e. The van der Waals surface area contributed by atoms with Gasteiger partial charge in [0.25, 0.3) is 0 Å². The van der Waals surface area contributed by atoms with Crippen molar-refractivity contribution in [3.8, 4) is 0 Å². The Bertz CT molecular complexity index is 61.6. The number of hydrogen-bond acceptors (Lipinski definition) is 1. The first-order chi connectivity index (χ1) is 4.22. The van der Waals surface area contributed by atoms with Crippen LogP contribution in [0, 0.1) is 12.8 Å². The maximum absolute atomic E-state index is 3.81. The lowest BCUT2D eigenvalue weighted by atomic mass is 10.1. The molecule has 0 aromatic rings. The topological polar surface area (TPSA) is 0 Å². The van der Waals surface area contributed by atoms with E-state index in [2.05, 4.69) is 27.7 Å². The van der Waals surface area contributed by atoms with Crippen LogP contribution >= 0.6 is 11.8 Å². The van der Waals surface area contributed by atoms with Gasteiger partial charge in [0.2, 0.25) is 0 Å². The Labute approximate surface area is 63.4 Å². The summed E-state index contributed by atoms with van der Waals surface area (Å²) in [5.41, 5.74) is 0. The number of rotatable bonds is 4. The fourth-order valence-electron chi connectivity index (χ4n) is 0.682. The summed E-state index contributed by atoms with van der Waals surface area (Å²) in [4.78, 5) is 0. The minimum atomic E-state index is 0.785. The van der Waals surface area contributed by atoms with Crippen molar-refractivity contribution in [3.05, 3.63) is 6.92 Å². The molecule has 0 aliphatic heterocycles. The van der Waals surface area contributed by atoms with E-state index in [0.29, 0.717) is 0 Å². The van der Waals surface area contributed by atoms with Gasteiger partial charge in [0.15, 0.2) is 0 Å². The lowest BCUT2D eigenvalue weighted by Gasteiger charge is -2.15. The summed E-state index contributed by atoms with van der Waals surface area (Å²) in [7, 11) is 0. The summed E-state index contributed by atoms with van der Waals surface area (Å²) in [6, 6.07) is 0. The van der Waals surface area contributed by atoms with Gasteiger partial charge in [0.1, 0.15) is 0 Å². The van der Waals surface area contributed by atoms with Crippen LogP contribution in [0.2, 0.25) is 0 Å². The zero-order valence-corrected chi connectivity index (χ0v) is 7.50. The van der Waals surface area contributed by atoms with Crippen molar-refractivity contribution in [2.75, 3.05) is 5.75 Å². The Morgan fingerprint density at radius 1 is 1.44 bits per heavy atom. The molecule has 0 saturated heterocycles. The molecule has 2 atom stereocenters. The third-order valence-electron chi connectivity index (χ3n) is 1.83. The fourth-order valence-corrected chi connectivity index (χ4v) is 1.57. The minimum Gasteiger partial charge on any atom is -0.159 e. The van der Waals surface area contributed by atoms with Crippen LogP contribution in [0.15, 0.2) is 0 Å². The van der Waals surface area contributed by atoms with Gasteiger partial charge in [0, 0.05) is 5.25 Å². The van der Waals surface area contributed by atoms with E-state index in [0.717, 1.165) is 16.9 Å². The highest BCUT2D eigenvalue weighted by molar-refractivity contribution is 7.99. The predicted octanol–water partition coefficient (Wildman–Crippen LogP) is 2.99. The van der Waals surface area contributed by atoms with Crippen LogP contribution in [0.1, 0.15) is 27.2 Å². The number of thioether (sulfide) groups is 1. The van der Waals surface area contributed by atoms with Gasteiger partial charge in [-0.3, -0.25) is 0 Å². The van der Waals surface area contributed by atoms with E-state index in [4.69, 9.17) is 0 Å². The highest BCUT2D eigenvalue weighted by Gasteiger charge is 2.07. The lowest BCUT2D eigenvalue weighted by Crippen LogP contribution is -2.08. The molecule has 0 fully saturated rings. The quantitative estimate of drug-likeness (QED) is 0.586. The van der Waals surface area contributed by atoms with E-state index < -0.39 is 0 Å². The largest absolute Gasteiger partial charge is 0.159 e. The Balaban J connectivity index is 3.32. The van der Waals surface area contributed by atoms with E-state index in [-0.39, 0.29) is 0 Å². The smallest absolute Gasteiger partial charge is 0.00442 e. The molecule has 1 radical (unpaired) electrons. The standard InChI is InChI=1S/C8H17S/c1-5-7(3)8(4)9-6-2/h7-8H,2,5-6H2,1,3-4H3. The minimum absolute atomic E-state index is 0.785. The normalized spacial score (nSPS) is 17.3. The Morgan fingerprint density at radius 2 is 2.00 bits per heavy atom. The first-order valence-electron chi connectivity index (χ1n) is 3.63. The summed E-state index contributed by atoms with van der Waals surface area (Å²) in [6.07, 6.45) is 1.29. The van der Waals surface area contributed by atoms with Crippen molar-refractivity contribution >= 4 is 11.8 Å². The van der Waals surface area contributed by atoms with Gasteiger partial charge in [0.05, 0.1) is 0 Å². The molecule has 0 rings (SSSR count). The molecule has 0 aromatic carbocycles. The predicted molar refractivity (Wildman–Crippen MR) is 46.7 cm³/mol. The molecule has 0 bridgehead atoms. The zero-order chi connectivity index (χ0) is 7.28. The first-order valence-corrected chi connectivity index (χ1v) is 4.68. The third kappa shape index (κ3) is 3.85. The molecule has 0 heterocycles. The van der Waals surface area contributed by atoms with Crippen LogP contribution in [-0.4, -0.2) is 11.0 Å². The van der Waals surface area contributed by atoms with Gasteiger partial charge < -0.3 is 0 Å². The summed E-state index contributed by atoms with van der Waals surface area (Å²) in [5.74, 6) is 1.85. The van der Waals surface area contributed by atoms with Crippen molar-refractivity contribution in [1.29, 1.82) is 0 Å². The molecule has 0 spiro atoms. The molecular weight excluding hydrogens is 128 g/mol. The Hall–Kier alpha value is 0.350. The molecule has 2 unspecified atom stereocenters. The molecule has 0 N–H and O–H groups in total. The molecule has 0 amide bonds. The van der Waals surface area contributed by atoms with Crippen LogP contribution in [-0.2, 0) is 0 Å². The van der Waals surface area contributed by atoms with Crippen LogP contribution in [0.25, 0.3) is 0 Å². The highest BCUT2D eigenvalue weighted by atomic mass is 32.2. The van der Waals surface area contributed by atoms with E-state index in [1.54, 1.807) is 0 Å². The summed E-state index contributed by atoms with van der Waals surface area (Å²) in [6.45, 7) is 10.6. The van der Waals surface area contributed by atoms with E-state index in [1.807, 2.05) is 11.8 Å². The average Bonchev–Trinajstić information content (AvgIpc) is 1.87.